The van der Waals surface area contributed by atoms with Crippen LogP contribution in [0, 0.1) is 17.2 Å². The Morgan fingerprint density at radius 3 is 2.81 bits per heavy atom. The Labute approximate surface area is 125 Å². The Hall–Kier alpha value is -1.80. The lowest BCUT2D eigenvalue weighted by Gasteiger charge is -2.29. The molecule has 2 rings (SSSR count). The second-order valence-corrected chi connectivity index (χ2v) is 6.58. The molecule has 2 heterocycles. The summed E-state index contributed by atoms with van der Waals surface area (Å²) in [5, 5.41) is 12.0. The summed E-state index contributed by atoms with van der Waals surface area (Å²) in [6, 6.07) is 3.84. The summed E-state index contributed by atoms with van der Waals surface area (Å²) in [6.45, 7) is 8.78. The first kappa shape index (κ1) is 15.6. The van der Waals surface area contributed by atoms with Crippen molar-refractivity contribution in [3.05, 3.63) is 17.8 Å². The zero-order chi connectivity index (χ0) is 15.6. The van der Waals surface area contributed by atoms with Crippen molar-refractivity contribution in [2.45, 2.75) is 52.2 Å². The number of ether oxygens (including phenoxy) is 1. The van der Waals surface area contributed by atoms with Crippen molar-refractivity contribution >= 4 is 11.7 Å². The van der Waals surface area contributed by atoms with E-state index in [-0.39, 0.29) is 23.5 Å². The fourth-order valence-corrected chi connectivity index (χ4v) is 2.66. The molecule has 1 saturated heterocycles. The van der Waals surface area contributed by atoms with Crippen LogP contribution in [0.1, 0.15) is 46.1 Å². The molecule has 1 aromatic rings. The summed E-state index contributed by atoms with van der Waals surface area (Å²) in [5.74, 6) is 0.504. The van der Waals surface area contributed by atoms with Crippen molar-refractivity contribution in [2.75, 3.05) is 11.9 Å². The van der Waals surface area contributed by atoms with Crippen LogP contribution in [0.5, 0.6) is 0 Å². The molecule has 0 aliphatic carbocycles. The van der Waals surface area contributed by atoms with Gasteiger partial charge in [-0.25, -0.2) is 0 Å². The number of nitrogens with zero attached hydrogens (tertiary/aromatic N) is 2. The molecule has 1 fully saturated rings. The third-order valence-corrected chi connectivity index (χ3v) is 3.87. The minimum atomic E-state index is -0.202. The average molecular weight is 289 g/mol. The van der Waals surface area contributed by atoms with Gasteiger partial charge in [-0.1, -0.05) is 0 Å². The fourth-order valence-electron chi connectivity index (χ4n) is 2.66. The van der Waals surface area contributed by atoms with E-state index in [1.165, 1.54) is 0 Å². The van der Waals surface area contributed by atoms with Gasteiger partial charge >= 0.3 is 0 Å². The van der Waals surface area contributed by atoms with Crippen LogP contribution in [0.3, 0.4) is 0 Å². The number of carbonyl (C=O) groups excluding carboxylic acids is 1. The van der Waals surface area contributed by atoms with E-state index >= 15 is 0 Å². The second-order valence-electron chi connectivity index (χ2n) is 6.58. The van der Waals surface area contributed by atoms with Gasteiger partial charge in [-0.05, 0) is 46.6 Å². The summed E-state index contributed by atoms with van der Waals surface area (Å²) in [5.41, 5.74) is 0.347. The quantitative estimate of drug-likeness (QED) is 0.910. The van der Waals surface area contributed by atoms with Gasteiger partial charge in [0.2, 0.25) is 5.91 Å². The molecule has 5 heteroatoms. The van der Waals surface area contributed by atoms with Crippen molar-refractivity contribution in [2.24, 2.45) is 5.92 Å². The van der Waals surface area contributed by atoms with E-state index in [1.807, 2.05) is 32.3 Å². The molecule has 0 saturated carbocycles. The molecule has 5 nitrogen and oxygen atoms in total. The van der Waals surface area contributed by atoms with E-state index < -0.39 is 0 Å². The van der Waals surface area contributed by atoms with E-state index in [9.17, 15) is 4.79 Å². The highest BCUT2D eigenvalue weighted by atomic mass is 16.5. The molecule has 0 radical (unpaired) electrons. The molecule has 2 atom stereocenters. The maximum atomic E-state index is 12.5. The Morgan fingerprint density at radius 2 is 2.24 bits per heavy atom. The molecule has 1 amide bonds. The van der Waals surface area contributed by atoms with Gasteiger partial charge in [0.05, 0.1) is 17.6 Å². The van der Waals surface area contributed by atoms with Crippen molar-refractivity contribution in [3.8, 4) is 6.07 Å². The summed E-state index contributed by atoms with van der Waals surface area (Å²) in [7, 11) is 0. The number of hydrogen-bond acceptors (Lipinski definition) is 3. The van der Waals surface area contributed by atoms with Gasteiger partial charge in [-0.2, -0.15) is 5.26 Å². The maximum Gasteiger partial charge on any atom is 0.231 e. The Kier molecular flexibility index (Phi) is 4.38. The van der Waals surface area contributed by atoms with Gasteiger partial charge < -0.3 is 14.6 Å². The zero-order valence-electron chi connectivity index (χ0n) is 13.1. The molecule has 114 valence electrons. The third-order valence-electron chi connectivity index (χ3n) is 3.87. The topological polar surface area (TPSA) is 67.0 Å². The van der Waals surface area contributed by atoms with Crippen LogP contribution in [0.15, 0.2) is 12.3 Å². The Bertz CT molecular complexity index is 563. The number of hydrogen-bond donors (Lipinski definition) is 1. The third kappa shape index (κ3) is 3.45. The van der Waals surface area contributed by atoms with Crippen molar-refractivity contribution in [1.82, 2.24) is 4.57 Å². The van der Waals surface area contributed by atoms with E-state index in [1.54, 1.807) is 12.3 Å². The van der Waals surface area contributed by atoms with Gasteiger partial charge in [0, 0.05) is 18.3 Å². The summed E-state index contributed by atoms with van der Waals surface area (Å²) < 4.78 is 7.48. The molecular weight excluding hydrogens is 266 g/mol. The normalized spacial score (nSPS) is 22.6. The number of aromatic nitrogens is 1. The largest absolute Gasteiger partial charge is 0.378 e. The van der Waals surface area contributed by atoms with Crippen molar-refractivity contribution < 1.29 is 9.53 Å². The van der Waals surface area contributed by atoms with Crippen LogP contribution in [0.2, 0.25) is 0 Å². The molecule has 0 aromatic carbocycles. The SMILES string of the molecule is CC1OCCCC1C(=O)Nc1cc(C#N)cn1C(C)(C)C. The molecule has 1 aliphatic rings. The average Bonchev–Trinajstić information content (AvgIpc) is 2.82. The number of anilines is 1. The van der Waals surface area contributed by atoms with Crippen LogP contribution in [0.4, 0.5) is 5.82 Å². The first-order chi connectivity index (χ1) is 9.82. The van der Waals surface area contributed by atoms with Gasteiger partial charge in [-0.3, -0.25) is 4.79 Å². The lowest BCUT2D eigenvalue weighted by molar-refractivity contribution is -0.127. The minimum Gasteiger partial charge on any atom is -0.378 e. The smallest absolute Gasteiger partial charge is 0.231 e. The highest BCUT2D eigenvalue weighted by Gasteiger charge is 2.30. The Balaban J connectivity index is 2.21. The molecule has 1 aromatic heterocycles. The minimum absolute atomic E-state index is 0.0321. The van der Waals surface area contributed by atoms with Gasteiger partial charge in [-0.15, -0.1) is 0 Å². The van der Waals surface area contributed by atoms with Crippen LogP contribution < -0.4 is 5.32 Å². The first-order valence-electron chi connectivity index (χ1n) is 7.38. The van der Waals surface area contributed by atoms with Gasteiger partial charge in [0.25, 0.3) is 0 Å². The summed E-state index contributed by atoms with van der Waals surface area (Å²) >= 11 is 0. The lowest BCUT2D eigenvalue weighted by Crippen LogP contribution is -2.37. The molecule has 0 bridgehead atoms. The van der Waals surface area contributed by atoms with Crippen molar-refractivity contribution in [3.63, 3.8) is 0 Å². The predicted molar refractivity (Wildman–Crippen MR) is 80.9 cm³/mol. The molecule has 1 N–H and O–H groups in total. The van der Waals surface area contributed by atoms with E-state index in [2.05, 4.69) is 11.4 Å². The van der Waals surface area contributed by atoms with Crippen LogP contribution in [0.25, 0.3) is 0 Å². The van der Waals surface area contributed by atoms with E-state index in [0.29, 0.717) is 11.4 Å². The highest BCUT2D eigenvalue weighted by molar-refractivity contribution is 5.92. The van der Waals surface area contributed by atoms with Crippen LogP contribution >= 0.6 is 0 Å². The number of carbonyl (C=O) groups is 1. The Morgan fingerprint density at radius 1 is 1.52 bits per heavy atom. The van der Waals surface area contributed by atoms with E-state index in [0.717, 1.165) is 19.4 Å². The number of nitrogens with one attached hydrogen (secondary N) is 1. The van der Waals surface area contributed by atoms with Gasteiger partial charge in [0.15, 0.2) is 0 Å². The van der Waals surface area contributed by atoms with Crippen LogP contribution in [-0.4, -0.2) is 23.2 Å². The number of nitriles is 1. The lowest BCUT2D eigenvalue weighted by atomic mass is 9.94. The maximum absolute atomic E-state index is 12.5. The second kappa shape index (κ2) is 5.90. The molecular formula is C16H23N3O2. The molecule has 2 unspecified atom stereocenters. The number of rotatable bonds is 2. The van der Waals surface area contributed by atoms with Crippen LogP contribution in [-0.2, 0) is 15.1 Å². The first-order valence-corrected chi connectivity index (χ1v) is 7.38. The predicted octanol–water partition coefficient (Wildman–Crippen LogP) is 2.87. The number of amides is 1. The summed E-state index contributed by atoms with van der Waals surface area (Å²) in [6.07, 6.45) is 3.46. The highest BCUT2D eigenvalue weighted by Crippen LogP contribution is 2.26. The fraction of sp³-hybridized carbons (Fsp3) is 0.625. The summed E-state index contributed by atoms with van der Waals surface area (Å²) in [4.78, 5) is 12.5. The van der Waals surface area contributed by atoms with Gasteiger partial charge in [0.1, 0.15) is 11.9 Å². The standard InChI is InChI=1S/C16H23N3O2/c1-11-13(6-5-7-21-11)15(20)18-14-8-12(9-17)10-19(14)16(2,3)4/h8,10-11,13H,5-7H2,1-4H3,(H,18,20). The molecule has 1 aliphatic heterocycles. The molecule has 21 heavy (non-hydrogen) atoms. The van der Waals surface area contributed by atoms with Crippen molar-refractivity contribution in [1.29, 1.82) is 5.26 Å². The zero-order valence-corrected chi connectivity index (χ0v) is 13.1. The molecule has 0 spiro atoms. The monoisotopic (exact) mass is 289 g/mol. The van der Waals surface area contributed by atoms with E-state index in [4.69, 9.17) is 10.00 Å².